The number of anilines is 1. The van der Waals surface area contributed by atoms with Crippen LogP contribution in [0.2, 0.25) is 0 Å². The number of phenols is 1. The number of carbonyl (C=O) groups excluding carboxylic acids is 1. The molecule has 0 aliphatic heterocycles. The number of carbonyl (C=O) groups is 1. The van der Waals surface area contributed by atoms with Crippen molar-refractivity contribution < 1.29 is 9.90 Å². The summed E-state index contributed by atoms with van der Waals surface area (Å²) in [5.41, 5.74) is 8.44. The summed E-state index contributed by atoms with van der Waals surface area (Å²) in [6.45, 7) is 2.21. The molecule has 0 saturated carbocycles. The molecule has 3 N–H and O–H groups in total. The van der Waals surface area contributed by atoms with E-state index in [2.05, 4.69) is 0 Å². The lowest BCUT2D eigenvalue weighted by atomic mass is 10.1. The van der Waals surface area contributed by atoms with Gasteiger partial charge in [-0.05, 0) is 36.8 Å². The molecule has 0 saturated heterocycles. The standard InChI is InChI=1S/C16H18N2O2/c1-11-14(4-3-5-15(11)19)16(20)18(2)13-8-6-12(10-17)7-9-13/h3-9,19H,10,17H2,1-2H3. The van der Waals surface area contributed by atoms with E-state index in [1.54, 1.807) is 37.1 Å². The molecular formula is C16H18N2O2. The van der Waals surface area contributed by atoms with E-state index in [4.69, 9.17) is 5.73 Å². The van der Waals surface area contributed by atoms with Crippen molar-refractivity contribution >= 4 is 11.6 Å². The summed E-state index contributed by atoms with van der Waals surface area (Å²) in [5, 5.41) is 9.69. The van der Waals surface area contributed by atoms with Crippen molar-refractivity contribution in [2.24, 2.45) is 5.73 Å². The molecule has 0 fully saturated rings. The van der Waals surface area contributed by atoms with Crippen LogP contribution in [0.25, 0.3) is 0 Å². The van der Waals surface area contributed by atoms with Gasteiger partial charge in [0.15, 0.2) is 0 Å². The Kier molecular flexibility index (Phi) is 4.05. The van der Waals surface area contributed by atoms with Gasteiger partial charge in [-0.3, -0.25) is 4.79 Å². The molecule has 4 nitrogen and oxygen atoms in total. The summed E-state index contributed by atoms with van der Waals surface area (Å²) in [5.74, 6) is -0.0263. The second kappa shape index (κ2) is 5.75. The lowest BCUT2D eigenvalue weighted by Crippen LogP contribution is -2.26. The highest BCUT2D eigenvalue weighted by molar-refractivity contribution is 6.07. The number of amides is 1. The molecule has 0 spiro atoms. The fraction of sp³-hybridized carbons (Fsp3) is 0.188. The molecule has 0 aromatic heterocycles. The SMILES string of the molecule is Cc1c(O)cccc1C(=O)N(C)c1ccc(CN)cc1. The Morgan fingerprint density at radius 3 is 2.45 bits per heavy atom. The van der Waals surface area contributed by atoms with Crippen LogP contribution in [0.4, 0.5) is 5.69 Å². The monoisotopic (exact) mass is 270 g/mol. The number of aromatic hydroxyl groups is 1. The number of nitrogens with two attached hydrogens (primary N) is 1. The van der Waals surface area contributed by atoms with Gasteiger partial charge in [0.25, 0.3) is 5.91 Å². The highest BCUT2D eigenvalue weighted by atomic mass is 16.3. The fourth-order valence-corrected chi connectivity index (χ4v) is 2.01. The normalized spacial score (nSPS) is 10.3. The third-order valence-electron chi connectivity index (χ3n) is 3.40. The predicted octanol–water partition coefficient (Wildman–Crippen LogP) is 2.44. The lowest BCUT2D eigenvalue weighted by molar-refractivity contribution is 0.0992. The first-order chi connectivity index (χ1) is 9.54. The van der Waals surface area contributed by atoms with Gasteiger partial charge in [-0.15, -0.1) is 0 Å². The van der Waals surface area contributed by atoms with Crippen LogP contribution in [-0.2, 0) is 6.54 Å². The zero-order valence-corrected chi connectivity index (χ0v) is 11.6. The van der Waals surface area contributed by atoms with Crippen LogP contribution < -0.4 is 10.6 Å². The summed E-state index contributed by atoms with van der Waals surface area (Å²) in [6.07, 6.45) is 0. The molecule has 2 rings (SSSR count). The summed E-state index contributed by atoms with van der Waals surface area (Å²) in [6, 6.07) is 12.5. The van der Waals surface area contributed by atoms with E-state index >= 15 is 0 Å². The van der Waals surface area contributed by atoms with Crippen LogP contribution in [0.15, 0.2) is 42.5 Å². The Labute approximate surface area is 118 Å². The minimum atomic E-state index is -0.154. The zero-order chi connectivity index (χ0) is 14.7. The van der Waals surface area contributed by atoms with Crippen molar-refractivity contribution in [3.05, 3.63) is 59.2 Å². The molecule has 0 atom stereocenters. The van der Waals surface area contributed by atoms with Crippen molar-refractivity contribution in [2.45, 2.75) is 13.5 Å². The molecule has 0 bridgehead atoms. The van der Waals surface area contributed by atoms with Crippen LogP contribution in [0.1, 0.15) is 21.5 Å². The van der Waals surface area contributed by atoms with Crippen LogP contribution in [-0.4, -0.2) is 18.1 Å². The maximum atomic E-state index is 12.5. The number of nitrogens with zero attached hydrogens (tertiary/aromatic N) is 1. The second-order valence-electron chi connectivity index (χ2n) is 4.68. The van der Waals surface area contributed by atoms with Gasteiger partial charge in [0.2, 0.25) is 0 Å². The smallest absolute Gasteiger partial charge is 0.258 e. The minimum absolute atomic E-state index is 0.128. The molecular weight excluding hydrogens is 252 g/mol. The zero-order valence-electron chi connectivity index (χ0n) is 11.6. The lowest BCUT2D eigenvalue weighted by Gasteiger charge is -2.19. The molecule has 0 aliphatic carbocycles. The van der Waals surface area contributed by atoms with Gasteiger partial charge in [0, 0.05) is 30.4 Å². The van der Waals surface area contributed by atoms with Crippen molar-refractivity contribution in [3.8, 4) is 5.75 Å². The minimum Gasteiger partial charge on any atom is -0.508 e. The summed E-state index contributed by atoms with van der Waals surface area (Å²) >= 11 is 0. The molecule has 2 aromatic rings. The van der Waals surface area contributed by atoms with E-state index < -0.39 is 0 Å². The summed E-state index contributed by atoms with van der Waals surface area (Å²) in [7, 11) is 1.71. The first-order valence-corrected chi connectivity index (χ1v) is 6.40. The molecule has 0 unspecified atom stereocenters. The molecule has 0 heterocycles. The number of hydrogen-bond donors (Lipinski definition) is 2. The van der Waals surface area contributed by atoms with Gasteiger partial charge in [-0.2, -0.15) is 0 Å². The third-order valence-corrected chi connectivity index (χ3v) is 3.40. The van der Waals surface area contributed by atoms with Crippen molar-refractivity contribution in [2.75, 3.05) is 11.9 Å². The van der Waals surface area contributed by atoms with Gasteiger partial charge < -0.3 is 15.7 Å². The first kappa shape index (κ1) is 14.1. The van der Waals surface area contributed by atoms with Gasteiger partial charge in [-0.25, -0.2) is 0 Å². The topological polar surface area (TPSA) is 66.6 Å². The number of benzene rings is 2. The van der Waals surface area contributed by atoms with Crippen LogP contribution >= 0.6 is 0 Å². The summed E-state index contributed by atoms with van der Waals surface area (Å²) in [4.78, 5) is 14.0. The average Bonchev–Trinajstić information content (AvgIpc) is 2.48. The third kappa shape index (κ3) is 2.65. The number of hydrogen-bond acceptors (Lipinski definition) is 3. The maximum absolute atomic E-state index is 12.5. The molecule has 0 radical (unpaired) electrons. The second-order valence-corrected chi connectivity index (χ2v) is 4.68. The Hall–Kier alpha value is -2.33. The first-order valence-electron chi connectivity index (χ1n) is 6.40. The highest BCUT2D eigenvalue weighted by Crippen LogP contribution is 2.23. The van der Waals surface area contributed by atoms with Gasteiger partial charge in [0.05, 0.1) is 0 Å². The number of phenolic OH excluding ortho intramolecular Hbond substituents is 1. The van der Waals surface area contributed by atoms with Crippen LogP contribution in [0.3, 0.4) is 0 Å². The quantitative estimate of drug-likeness (QED) is 0.900. The molecule has 104 valence electrons. The summed E-state index contributed by atoms with van der Waals surface area (Å²) < 4.78 is 0. The van der Waals surface area contributed by atoms with E-state index in [0.29, 0.717) is 17.7 Å². The van der Waals surface area contributed by atoms with E-state index in [0.717, 1.165) is 11.3 Å². The Morgan fingerprint density at radius 2 is 1.85 bits per heavy atom. The van der Waals surface area contributed by atoms with Crippen molar-refractivity contribution in [1.29, 1.82) is 0 Å². The van der Waals surface area contributed by atoms with Gasteiger partial charge in [0.1, 0.15) is 5.75 Å². The van der Waals surface area contributed by atoms with E-state index in [9.17, 15) is 9.90 Å². The predicted molar refractivity (Wildman–Crippen MR) is 79.9 cm³/mol. The van der Waals surface area contributed by atoms with E-state index in [1.807, 2.05) is 24.3 Å². The van der Waals surface area contributed by atoms with Gasteiger partial charge >= 0.3 is 0 Å². The van der Waals surface area contributed by atoms with Crippen molar-refractivity contribution in [1.82, 2.24) is 0 Å². The van der Waals surface area contributed by atoms with Crippen LogP contribution in [0, 0.1) is 6.92 Å². The molecule has 1 amide bonds. The number of rotatable bonds is 3. The molecule has 20 heavy (non-hydrogen) atoms. The Morgan fingerprint density at radius 1 is 1.20 bits per heavy atom. The Balaban J connectivity index is 2.29. The van der Waals surface area contributed by atoms with E-state index in [-0.39, 0.29) is 11.7 Å². The molecule has 4 heteroatoms. The maximum Gasteiger partial charge on any atom is 0.258 e. The Bertz CT molecular complexity index is 621. The highest BCUT2D eigenvalue weighted by Gasteiger charge is 2.16. The molecule has 0 aliphatic rings. The van der Waals surface area contributed by atoms with Crippen molar-refractivity contribution in [3.63, 3.8) is 0 Å². The van der Waals surface area contributed by atoms with E-state index in [1.165, 1.54) is 0 Å². The average molecular weight is 270 g/mol. The van der Waals surface area contributed by atoms with Crippen LogP contribution in [0.5, 0.6) is 5.75 Å². The largest absolute Gasteiger partial charge is 0.508 e. The van der Waals surface area contributed by atoms with Gasteiger partial charge in [-0.1, -0.05) is 18.2 Å². The fourth-order valence-electron chi connectivity index (χ4n) is 2.01. The molecule has 2 aromatic carbocycles.